The molecule has 112 valence electrons. The van der Waals surface area contributed by atoms with E-state index in [4.69, 9.17) is 23.2 Å². The molecule has 1 aromatic carbocycles. The van der Waals surface area contributed by atoms with Gasteiger partial charge in [-0.1, -0.05) is 29.3 Å². The van der Waals surface area contributed by atoms with Gasteiger partial charge in [0.2, 0.25) is 0 Å². The van der Waals surface area contributed by atoms with Crippen LogP contribution >= 0.6 is 23.2 Å². The van der Waals surface area contributed by atoms with Crippen LogP contribution in [0.25, 0.3) is 0 Å². The summed E-state index contributed by atoms with van der Waals surface area (Å²) in [6.07, 6.45) is 2.32. The van der Waals surface area contributed by atoms with Crippen molar-refractivity contribution in [1.29, 1.82) is 0 Å². The van der Waals surface area contributed by atoms with Gasteiger partial charge in [0.25, 0.3) is 0 Å². The molecule has 0 spiro atoms. The lowest BCUT2D eigenvalue weighted by molar-refractivity contribution is 0.239. The summed E-state index contributed by atoms with van der Waals surface area (Å²) in [6, 6.07) is 6.30. The third-order valence-corrected chi connectivity index (χ3v) is 4.96. The molecule has 0 N–H and O–H groups in total. The maximum Gasteiger partial charge on any atom is 0.146 e. The number of hydrogen-bond donors (Lipinski definition) is 0. The van der Waals surface area contributed by atoms with Crippen LogP contribution in [0.4, 0.5) is 0 Å². The van der Waals surface area contributed by atoms with Gasteiger partial charge in [0.1, 0.15) is 11.6 Å². The van der Waals surface area contributed by atoms with Crippen molar-refractivity contribution in [1.82, 2.24) is 19.7 Å². The molecule has 1 aromatic heterocycles. The molecule has 1 aliphatic rings. The maximum atomic E-state index is 6.15. The van der Waals surface area contributed by atoms with Gasteiger partial charge in [-0.3, -0.25) is 4.90 Å². The summed E-state index contributed by atoms with van der Waals surface area (Å²) in [5.41, 5.74) is 1.22. The average molecular weight is 325 g/mol. The highest BCUT2D eigenvalue weighted by Crippen LogP contribution is 2.35. The molecule has 3 rings (SSSR count). The Hall–Kier alpha value is -1.10. The fourth-order valence-electron chi connectivity index (χ4n) is 2.88. The largest absolute Gasteiger partial charge is 0.317 e. The molecule has 2 heterocycles. The van der Waals surface area contributed by atoms with Crippen LogP contribution in [0.2, 0.25) is 10.0 Å². The maximum absolute atomic E-state index is 6.15. The number of aromatic nitrogens is 3. The van der Waals surface area contributed by atoms with E-state index >= 15 is 0 Å². The summed E-state index contributed by atoms with van der Waals surface area (Å²) in [7, 11) is 2.01. The Kier molecular flexibility index (Phi) is 4.20. The first-order valence-corrected chi connectivity index (χ1v) is 7.85. The van der Waals surface area contributed by atoms with Gasteiger partial charge in [-0.25, -0.2) is 0 Å². The average Bonchev–Trinajstić information content (AvgIpc) is 3.04. The zero-order valence-corrected chi connectivity index (χ0v) is 13.7. The van der Waals surface area contributed by atoms with Gasteiger partial charge >= 0.3 is 0 Å². The molecule has 2 aromatic rings. The number of benzene rings is 1. The number of nitrogens with zero attached hydrogens (tertiary/aromatic N) is 4. The molecule has 0 unspecified atom stereocenters. The summed E-state index contributed by atoms with van der Waals surface area (Å²) >= 11 is 12.2. The van der Waals surface area contributed by atoms with Crippen LogP contribution in [0.3, 0.4) is 0 Å². The molecular weight excluding hydrogens is 307 g/mol. The molecule has 1 fully saturated rings. The third kappa shape index (κ3) is 2.93. The first kappa shape index (κ1) is 14.8. The highest BCUT2D eigenvalue weighted by Gasteiger charge is 2.27. The Morgan fingerprint density at radius 1 is 1.24 bits per heavy atom. The molecule has 4 nitrogen and oxygen atoms in total. The Bertz CT molecular complexity index is 653. The van der Waals surface area contributed by atoms with Gasteiger partial charge in [-0.05, 0) is 44.0 Å². The second kappa shape index (κ2) is 5.95. The monoisotopic (exact) mass is 324 g/mol. The first-order chi connectivity index (χ1) is 10.1. The van der Waals surface area contributed by atoms with Crippen molar-refractivity contribution in [3.63, 3.8) is 0 Å². The predicted molar refractivity (Wildman–Crippen MR) is 84.6 cm³/mol. The SMILES string of the molecule is Cc1nnc(CN2CCC[C@H]2c2ccc(Cl)c(Cl)c2)n1C. The zero-order valence-electron chi connectivity index (χ0n) is 12.2. The van der Waals surface area contributed by atoms with Crippen LogP contribution in [0, 0.1) is 6.92 Å². The van der Waals surface area contributed by atoms with Crippen molar-refractivity contribution in [2.45, 2.75) is 32.4 Å². The number of rotatable bonds is 3. The topological polar surface area (TPSA) is 34.0 Å². The second-order valence-corrected chi connectivity index (χ2v) is 6.34. The van der Waals surface area contributed by atoms with Crippen LogP contribution in [0.5, 0.6) is 0 Å². The van der Waals surface area contributed by atoms with Crippen LogP contribution in [-0.4, -0.2) is 26.2 Å². The van der Waals surface area contributed by atoms with E-state index in [2.05, 4.69) is 21.2 Å². The zero-order chi connectivity index (χ0) is 15.0. The minimum Gasteiger partial charge on any atom is -0.317 e. The Morgan fingerprint density at radius 2 is 2.05 bits per heavy atom. The molecule has 0 radical (unpaired) electrons. The fraction of sp³-hybridized carbons (Fsp3) is 0.467. The van der Waals surface area contributed by atoms with Crippen LogP contribution in [0.1, 0.15) is 36.1 Å². The predicted octanol–water partition coefficient (Wildman–Crippen LogP) is 3.77. The summed E-state index contributed by atoms with van der Waals surface area (Å²) in [5, 5.41) is 9.62. The van der Waals surface area contributed by atoms with Crippen molar-refractivity contribution in [2.75, 3.05) is 6.54 Å². The van der Waals surface area contributed by atoms with Crippen LogP contribution in [0.15, 0.2) is 18.2 Å². The smallest absolute Gasteiger partial charge is 0.146 e. The third-order valence-electron chi connectivity index (χ3n) is 4.22. The Morgan fingerprint density at radius 3 is 2.71 bits per heavy atom. The number of hydrogen-bond acceptors (Lipinski definition) is 3. The Balaban J connectivity index is 1.82. The van der Waals surface area contributed by atoms with Crippen LogP contribution in [-0.2, 0) is 13.6 Å². The summed E-state index contributed by atoms with van der Waals surface area (Å²) < 4.78 is 2.05. The lowest BCUT2D eigenvalue weighted by atomic mass is 10.0. The quantitative estimate of drug-likeness (QED) is 0.861. The molecule has 6 heteroatoms. The van der Waals surface area contributed by atoms with Crippen molar-refractivity contribution >= 4 is 23.2 Å². The number of halogens is 2. The molecule has 0 saturated carbocycles. The summed E-state index contributed by atoms with van der Waals surface area (Å²) in [5.74, 6) is 1.94. The number of likely N-dealkylation sites (tertiary alicyclic amines) is 1. The van der Waals surface area contributed by atoms with E-state index in [-0.39, 0.29) is 0 Å². The van der Waals surface area contributed by atoms with Gasteiger partial charge in [-0.15, -0.1) is 10.2 Å². The lowest BCUT2D eigenvalue weighted by Crippen LogP contribution is -2.24. The van der Waals surface area contributed by atoms with Crippen molar-refractivity contribution in [3.05, 3.63) is 45.5 Å². The molecule has 0 amide bonds. The van der Waals surface area contributed by atoms with E-state index in [1.54, 1.807) is 0 Å². The lowest BCUT2D eigenvalue weighted by Gasteiger charge is -2.24. The molecule has 1 aliphatic heterocycles. The minimum atomic E-state index is 0.372. The summed E-state index contributed by atoms with van der Waals surface area (Å²) in [6.45, 7) is 3.84. The standard InChI is InChI=1S/C15H18Cl2N4/c1-10-18-19-15(20(10)2)9-21-7-3-4-14(21)11-5-6-12(16)13(17)8-11/h5-6,8,14H,3-4,7,9H2,1-2H3/t14-/m0/s1. The van der Waals surface area contributed by atoms with E-state index in [1.807, 2.05) is 30.7 Å². The fourth-order valence-corrected chi connectivity index (χ4v) is 3.19. The van der Waals surface area contributed by atoms with Crippen molar-refractivity contribution in [2.24, 2.45) is 7.05 Å². The van der Waals surface area contributed by atoms with Crippen LogP contribution < -0.4 is 0 Å². The molecule has 1 saturated heterocycles. The van der Waals surface area contributed by atoms with Gasteiger partial charge < -0.3 is 4.57 Å². The van der Waals surface area contributed by atoms with Gasteiger partial charge in [0.05, 0.1) is 16.6 Å². The highest BCUT2D eigenvalue weighted by molar-refractivity contribution is 6.42. The first-order valence-electron chi connectivity index (χ1n) is 7.10. The Labute approximate surface area is 134 Å². The summed E-state index contributed by atoms with van der Waals surface area (Å²) in [4.78, 5) is 2.43. The van der Waals surface area contributed by atoms with E-state index in [9.17, 15) is 0 Å². The van der Waals surface area contributed by atoms with Gasteiger partial charge in [0.15, 0.2) is 0 Å². The van der Waals surface area contributed by atoms with Gasteiger partial charge in [0, 0.05) is 13.1 Å². The van der Waals surface area contributed by atoms with E-state index in [0.29, 0.717) is 16.1 Å². The second-order valence-electron chi connectivity index (χ2n) is 5.52. The van der Waals surface area contributed by atoms with E-state index in [0.717, 1.165) is 31.2 Å². The highest BCUT2D eigenvalue weighted by atomic mass is 35.5. The molecule has 0 aliphatic carbocycles. The van der Waals surface area contributed by atoms with E-state index < -0.39 is 0 Å². The molecular formula is C15H18Cl2N4. The molecule has 21 heavy (non-hydrogen) atoms. The molecule has 0 bridgehead atoms. The van der Waals surface area contributed by atoms with E-state index in [1.165, 1.54) is 12.0 Å². The van der Waals surface area contributed by atoms with Crippen molar-refractivity contribution < 1.29 is 0 Å². The number of aryl methyl sites for hydroxylation is 1. The van der Waals surface area contributed by atoms with Gasteiger partial charge in [-0.2, -0.15) is 0 Å². The minimum absolute atomic E-state index is 0.372. The van der Waals surface area contributed by atoms with Crippen molar-refractivity contribution in [3.8, 4) is 0 Å². The molecule has 1 atom stereocenters. The normalized spacial score (nSPS) is 19.3.